The summed E-state index contributed by atoms with van der Waals surface area (Å²) in [7, 11) is 1.55. The lowest BCUT2D eigenvalue weighted by atomic mass is 10.0. The molecule has 3 rings (SSSR count). The first-order chi connectivity index (χ1) is 9.37. The van der Waals surface area contributed by atoms with Gasteiger partial charge in [-0.25, -0.2) is 0 Å². The Morgan fingerprint density at radius 3 is 2.35 bits per heavy atom. The summed E-state index contributed by atoms with van der Waals surface area (Å²) in [6.45, 7) is 4.23. The van der Waals surface area contributed by atoms with Crippen LogP contribution in [0.1, 0.15) is 19.4 Å². The van der Waals surface area contributed by atoms with Crippen molar-refractivity contribution in [1.82, 2.24) is 4.90 Å². The molecule has 20 heavy (non-hydrogen) atoms. The van der Waals surface area contributed by atoms with Crippen molar-refractivity contribution in [1.29, 1.82) is 0 Å². The third kappa shape index (κ3) is 1.62. The van der Waals surface area contributed by atoms with Crippen molar-refractivity contribution in [3.8, 4) is 5.75 Å². The maximum Gasteiger partial charge on any atom is 0.233 e. The van der Waals surface area contributed by atoms with E-state index in [1.54, 1.807) is 19.2 Å². The van der Waals surface area contributed by atoms with Gasteiger partial charge in [-0.2, -0.15) is 0 Å². The number of nitrogens with zero attached hydrogens (tertiary/aromatic N) is 1. The van der Waals surface area contributed by atoms with Crippen molar-refractivity contribution < 1.29 is 14.3 Å². The number of nitrogen functional groups attached to an aromatic ring is 1. The molecule has 1 saturated carbocycles. The summed E-state index contributed by atoms with van der Waals surface area (Å²) in [6, 6.07) is 5.32. The number of amides is 2. The van der Waals surface area contributed by atoms with Crippen molar-refractivity contribution in [2.75, 3.05) is 12.8 Å². The van der Waals surface area contributed by atoms with Gasteiger partial charge >= 0.3 is 0 Å². The fraction of sp³-hybridized carbons (Fsp3) is 0.467. The molecule has 1 aliphatic carbocycles. The summed E-state index contributed by atoms with van der Waals surface area (Å²) in [5.74, 6) is 0.215. The van der Waals surface area contributed by atoms with Crippen LogP contribution < -0.4 is 10.5 Å². The molecule has 106 valence electrons. The van der Waals surface area contributed by atoms with Gasteiger partial charge in [0.15, 0.2) is 0 Å². The van der Waals surface area contributed by atoms with Gasteiger partial charge in [0.2, 0.25) is 11.8 Å². The summed E-state index contributed by atoms with van der Waals surface area (Å²) < 4.78 is 5.09. The first-order valence-electron chi connectivity index (χ1n) is 6.65. The van der Waals surface area contributed by atoms with Crippen LogP contribution in [0, 0.1) is 17.3 Å². The highest BCUT2D eigenvalue weighted by Crippen LogP contribution is 2.63. The molecule has 2 atom stereocenters. The van der Waals surface area contributed by atoms with E-state index in [0.29, 0.717) is 11.4 Å². The van der Waals surface area contributed by atoms with Gasteiger partial charge in [-0.15, -0.1) is 0 Å². The molecule has 2 fully saturated rings. The van der Waals surface area contributed by atoms with Crippen LogP contribution in [0.4, 0.5) is 5.69 Å². The average molecular weight is 274 g/mol. The molecule has 1 saturated heterocycles. The second kappa shape index (κ2) is 3.98. The number of rotatable bonds is 3. The van der Waals surface area contributed by atoms with Crippen LogP contribution in [0.3, 0.4) is 0 Å². The van der Waals surface area contributed by atoms with E-state index in [4.69, 9.17) is 10.5 Å². The molecule has 1 aromatic carbocycles. The summed E-state index contributed by atoms with van der Waals surface area (Å²) in [4.78, 5) is 25.8. The Hall–Kier alpha value is -2.04. The third-order valence-electron chi connectivity index (χ3n) is 4.53. The second-order valence-electron chi connectivity index (χ2n) is 6.12. The van der Waals surface area contributed by atoms with Crippen molar-refractivity contribution in [3.05, 3.63) is 23.8 Å². The van der Waals surface area contributed by atoms with Crippen LogP contribution in [0.15, 0.2) is 18.2 Å². The zero-order valence-electron chi connectivity index (χ0n) is 11.8. The number of methoxy groups -OCH3 is 1. The van der Waals surface area contributed by atoms with E-state index in [2.05, 4.69) is 0 Å². The number of nitrogens with two attached hydrogens (primary N) is 1. The number of piperidine rings is 1. The molecule has 2 aliphatic rings. The SMILES string of the molecule is COc1ccc(CN2C(=O)C3C(C2=O)C3(C)C)cc1N. The quantitative estimate of drug-likeness (QED) is 0.668. The summed E-state index contributed by atoms with van der Waals surface area (Å²) in [5.41, 5.74) is 7.02. The first-order valence-corrected chi connectivity index (χ1v) is 6.65. The second-order valence-corrected chi connectivity index (χ2v) is 6.12. The predicted molar refractivity (Wildman–Crippen MR) is 73.7 cm³/mol. The molecule has 5 heteroatoms. The van der Waals surface area contributed by atoms with Crippen LogP contribution >= 0.6 is 0 Å². The molecule has 2 unspecified atom stereocenters. The van der Waals surface area contributed by atoms with E-state index in [0.717, 1.165) is 5.56 Å². The Balaban J connectivity index is 1.79. The largest absolute Gasteiger partial charge is 0.495 e. The third-order valence-corrected chi connectivity index (χ3v) is 4.53. The van der Waals surface area contributed by atoms with Gasteiger partial charge in [0.1, 0.15) is 5.75 Å². The molecule has 0 spiro atoms. The first kappa shape index (κ1) is 13.0. The molecule has 2 amide bonds. The van der Waals surface area contributed by atoms with Crippen LogP contribution in [-0.2, 0) is 16.1 Å². The minimum absolute atomic E-state index is 0.0561. The summed E-state index contributed by atoms with van der Waals surface area (Å²) in [6.07, 6.45) is 0. The lowest BCUT2D eigenvalue weighted by Crippen LogP contribution is -2.35. The summed E-state index contributed by atoms with van der Waals surface area (Å²) in [5, 5.41) is 0. The van der Waals surface area contributed by atoms with Gasteiger partial charge < -0.3 is 10.5 Å². The standard InChI is InChI=1S/C15H18N2O3/c1-15(2)11-12(15)14(19)17(13(11)18)7-8-4-5-10(20-3)9(16)6-8/h4-6,11-12H,7,16H2,1-3H3. The van der Waals surface area contributed by atoms with Crippen LogP contribution in [-0.4, -0.2) is 23.8 Å². The van der Waals surface area contributed by atoms with E-state index in [9.17, 15) is 9.59 Å². The number of likely N-dealkylation sites (tertiary alicyclic amines) is 1. The fourth-order valence-corrected chi connectivity index (χ4v) is 3.22. The maximum absolute atomic E-state index is 12.2. The highest BCUT2D eigenvalue weighted by atomic mass is 16.5. The van der Waals surface area contributed by atoms with Crippen LogP contribution in [0.2, 0.25) is 0 Å². The number of hydrogen-bond acceptors (Lipinski definition) is 4. The maximum atomic E-state index is 12.2. The van der Waals surface area contributed by atoms with Gasteiger partial charge in [0, 0.05) is 0 Å². The number of anilines is 1. The normalized spacial score (nSPS) is 26.6. The number of ether oxygens (including phenoxy) is 1. The van der Waals surface area contributed by atoms with E-state index in [-0.39, 0.29) is 35.6 Å². The van der Waals surface area contributed by atoms with Gasteiger partial charge in [-0.3, -0.25) is 14.5 Å². The van der Waals surface area contributed by atoms with Crippen molar-refractivity contribution in [2.24, 2.45) is 17.3 Å². The molecule has 0 bridgehead atoms. The Morgan fingerprint density at radius 1 is 1.25 bits per heavy atom. The monoisotopic (exact) mass is 274 g/mol. The van der Waals surface area contributed by atoms with Crippen molar-refractivity contribution in [2.45, 2.75) is 20.4 Å². The molecule has 1 aromatic rings. The van der Waals surface area contributed by atoms with E-state index in [1.165, 1.54) is 4.90 Å². The van der Waals surface area contributed by atoms with Crippen molar-refractivity contribution >= 4 is 17.5 Å². The van der Waals surface area contributed by atoms with Gasteiger partial charge in [-0.1, -0.05) is 19.9 Å². The lowest BCUT2D eigenvalue weighted by molar-refractivity contribution is -0.143. The highest BCUT2D eigenvalue weighted by Gasteiger charge is 2.72. The zero-order valence-corrected chi connectivity index (χ0v) is 11.8. The van der Waals surface area contributed by atoms with E-state index in [1.807, 2.05) is 19.9 Å². The average Bonchev–Trinajstić information content (AvgIpc) is 2.86. The molecule has 0 radical (unpaired) electrons. The number of hydrogen-bond donors (Lipinski definition) is 1. The Bertz CT molecular complexity index is 585. The smallest absolute Gasteiger partial charge is 0.233 e. The lowest BCUT2D eigenvalue weighted by Gasteiger charge is -2.20. The van der Waals surface area contributed by atoms with E-state index < -0.39 is 0 Å². The molecular weight excluding hydrogens is 256 g/mol. The van der Waals surface area contributed by atoms with E-state index >= 15 is 0 Å². The fourth-order valence-electron chi connectivity index (χ4n) is 3.22. The highest BCUT2D eigenvalue weighted by molar-refractivity contribution is 6.10. The Labute approximate surface area is 117 Å². The minimum atomic E-state index is -0.163. The zero-order chi connectivity index (χ0) is 14.7. The predicted octanol–water partition coefficient (Wildman–Crippen LogP) is 1.42. The van der Waals surface area contributed by atoms with Crippen LogP contribution in [0.25, 0.3) is 0 Å². The Morgan fingerprint density at radius 2 is 1.85 bits per heavy atom. The topological polar surface area (TPSA) is 72.6 Å². The minimum Gasteiger partial charge on any atom is -0.495 e. The number of carbonyl (C=O) groups is 2. The molecule has 1 aliphatic heterocycles. The number of benzene rings is 1. The molecule has 2 N–H and O–H groups in total. The van der Waals surface area contributed by atoms with Crippen molar-refractivity contribution in [3.63, 3.8) is 0 Å². The number of imide groups is 1. The van der Waals surface area contributed by atoms with Gasteiger partial charge in [-0.05, 0) is 23.1 Å². The molecule has 5 nitrogen and oxygen atoms in total. The van der Waals surface area contributed by atoms with Crippen LogP contribution in [0.5, 0.6) is 5.75 Å². The van der Waals surface area contributed by atoms with Gasteiger partial charge in [0.25, 0.3) is 0 Å². The molecule has 1 heterocycles. The summed E-state index contributed by atoms with van der Waals surface area (Å²) >= 11 is 0. The molecular formula is C15H18N2O3. The Kier molecular flexibility index (Phi) is 2.58. The molecule has 0 aromatic heterocycles. The van der Waals surface area contributed by atoms with Gasteiger partial charge in [0.05, 0.1) is 31.2 Å². The number of fused-ring (bicyclic) bond motifs is 1. The number of carbonyl (C=O) groups excluding carboxylic acids is 2.